The molecule has 0 aliphatic carbocycles. The molecule has 3 heteroatoms. The third kappa shape index (κ3) is 1.20. The molecule has 2 rings (SSSR count). The molecule has 2 aromatic rings. The molecule has 0 unspecified atom stereocenters. The van der Waals surface area contributed by atoms with Gasteiger partial charge < -0.3 is 0 Å². The van der Waals surface area contributed by atoms with Crippen molar-refractivity contribution in [2.75, 3.05) is 0 Å². The van der Waals surface area contributed by atoms with Crippen molar-refractivity contribution in [3.63, 3.8) is 0 Å². The molecule has 13 heavy (non-hydrogen) atoms. The molecule has 68 valence electrons. The van der Waals surface area contributed by atoms with E-state index in [2.05, 4.69) is 30.1 Å². The lowest BCUT2D eigenvalue weighted by atomic mass is 10.1. The summed E-state index contributed by atoms with van der Waals surface area (Å²) in [6.45, 7) is 6.29. The largest absolute Gasteiger partial charge is 0.286 e. The topological polar surface area (TPSA) is 30.2 Å². The van der Waals surface area contributed by atoms with E-state index in [1.54, 1.807) is 0 Å². The number of aromatic nitrogens is 3. The molecular weight excluding hydrogens is 162 g/mol. The molecule has 2 aromatic heterocycles. The third-order valence-corrected chi connectivity index (χ3v) is 2.26. The molecule has 2 heterocycles. The average molecular weight is 175 g/mol. The van der Waals surface area contributed by atoms with Gasteiger partial charge in [-0.15, -0.1) is 10.2 Å². The van der Waals surface area contributed by atoms with Gasteiger partial charge in [0.1, 0.15) is 5.82 Å². The summed E-state index contributed by atoms with van der Waals surface area (Å²) in [5, 5.41) is 8.20. The average Bonchev–Trinajstić information content (AvgIpc) is 2.48. The summed E-state index contributed by atoms with van der Waals surface area (Å²) in [5.41, 5.74) is 2.23. The van der Waals surface area contributed by atoms with Crippen LogP contribution >= 0.6 is 0 Å². The molecule has 0 bridgehead atoms. The van der Waals surface area contributed by atoms with Gasteiger partial charge >= 0.3 is 0 Å². The van der Waals surface area contributed by atoms with Crippen molar-refractivity contribution in [3.05, 3.63) is 29.7 Å². The maximum atomic E-state index is 4.15. The highest BCUT2D eigenvalue weighted by molar-refractivity contribution is 5.48. The van der Waals surface area contributed by atoms with Crippen LogP contribution in [0.5, 0.6) is 0 Å². The summed E-state index contributed by atoms with van der Waals surface area (Å²) < 4.78 is 2.02. The summed E-state index contributed by atoms with van der Waals surface area (Å²) in [4.78, 5) is 0. The van der Waals surface area contributed by atoms with Gasteiger partial charge in [0, 0.05) is 6.20 Å². The molecule has 0 amide bonds. The molecule has 0 aliphatic heterocycles. The standard InChI is InChI=1S/C10H13N3/c1-7(2)9-5-4-6-13-8(3)11-12-10(9)13/h4-7H,1-3H3. The summed E-state index contributed by atoms with van der Waals surface area (Å²) in [6.07, 6.45) is 2.00. The van der Waals surface area contributed by atoms with Crippen LogP contribution in [0.3, 0.4) is 0 Å². The molecule has 0 N–H and O–H groups in total. The van der Waals surface area contributed by atoms with E-state index >= 15 is 0 Å². The lowest BCUT2D eigenvalue weighted by Gasteiger charge is -2.05. The van der Waals surface area contributed by atoms with E-state index in [1.807, 2.05) is 23.6 Å². The Balaban J connectivity index is 2.77. The van der Waals surface area contributed by atoms with E-state index in [0.717, 1.165) is 11.5 Å². The van der Waals surface area contributed by atoms with Crippen LogP contribution in [-0.2, 0) is 0 Å². The van der Waals surface area contributed by atoms with E-state index in [9.17, 15) is 0 Å². The van der Waals surface area contributed by atoms with Crippen molar-refractivity contribution < 1.29 is 0 Å². The second-order valence-corrected chi connectivity index (χ2v) is 3.56. The van der Waals surface area contributed by atoms with Gasteiger partial charge in [-0.3, -0.25) is 4.40 Å². The van der Waals surface area contributed by atoms with E-state index in [-0.39, 0.29) is 0 Å². The molecule has 0 spiro atoms. The van der Waals surface area contributed by atoms with E-state index < -0.39 is 0 Å². The second kappa shape index (κ2) is 2.83. The van der Waals surface area contributed by atoms with Crippen LogP contribution in [0.15, 0.2) is 18.3 Å². The fourth-order valence-electron chi connectivity index (χ4n) is 1.50. The number of hydrogen-bond donors (Lipinski definition) is 0. The van der Waals surface area contributed by atoms with Crippen molar-refractivity contribution in [1.29, 1.82) is 0 Å². The Morgan fingerprint density at radius 2 is 2.08 bits per heavy atom. The smallest absolute Gasteiger partial charge is 0.164 e. The Morgan fingerprint density at radius 3 is 2.77 bits per heavy atom. The Kier molecular flexibility index (Phi) is 1.79. The van der Waals surface area contributed by atoms with Crippen molar-refractivity contribution in [2.45, 2.75) is 26.7 Å². The van der Waals surface area contributed by atoms with Crippen molar-refractivity contribution in [1.82, 2.24) is 14.6 Å². The fourth-order valence-corrected chi connectivity index (χ4v) is 1.50. The molecule has 0 radical (unpaired) electrons. The van der Waals surface area contributed by atoms with Gasteiger partial charge in [0.25, 0.3) is 0 Å². The van der Waals surface area contributed by atoms with E-state index in [4.69, 9.17) is 0 Å². The zero-order valence-electron chi connectivity index (χ0n) is 8.15. The number of rotatable bonds is 1. The minimum Gasteiger partial charge on any atom is -0.286 e. The maximum Gasteiger partial charge on any atom is 0.164 e. The van der Waals surface area contributed by atoms with Crippen LogP contribution < -0.4 is 0 Å². The first-order valence-corrected chi connectivity index (χ1v) is 4.50. The van der Waals surface area contributed by atoms with Crippen LogP contribution in [0.25, 0.3) is 5.65 Å². The highest BCUT2D eigenvalue weighted by Gasteiger charge is 2.08. The van der Waals surface area contributed by atoms with Crippen LogP contribution in [-0.4, -0.2) is 14.6 Å². The summed E-state index contributed by atoms with van der Waals surface area (Å²) >= 11 is 0. The van der Waals surface area contributed by atoms with Crippen LogP contribution in [0.2, 0.25) is 0 Å². The van der Waals surface area contributed by atoms with Gasteiger partial charge in [-0.1, -0.05) is 19.9 Å². The molecule has 3 nitrogen and oxygen atoms in total. The van der Waals surface area contributed by atoms with Gasteiger partial charge in [0.05, 0.1) is 0 Å². The second-order valence-electron chi connectivity index (χ2n) is 3.56. The van der Waals surface area contributed by atoms with Crippen LogP contribution in [0.1, 0.15) is 31.2 Å². The highest BCUT2D eigenvalue weighted by Crippen LogP contribution is 2.18. The Labute approximate surface area is 77.4 Å². The molecular formula is C10H13N3. The van der Waals surface area contributed by atoms with Crippen molar-refractivity contribution in [2.24, 2.45) is 0 Å². The maximum absolute atomic E-state index is 4.15. The van der Waals surface area contributed by atoms with Crippen molar-refractivity contribution in [3.8, 4) is 0 Å². The minimum absolute atomic E-state index is 0.493. The van der Waals surface area contributed by atoms with Gasteiger partial charge in [-0.2, -0.15) is 0 Å². The van der Waals surface area contributed by atoms with Crippen molar-refractivity contribution >= 4 is 5.65 Å². The monoisotopic (exact) mass is 175 g/mol. The quantitative estimate of drug-likeness (QED) is 0.664. The third-order valence-electron chi connectivity index (χ3n) is 2.26. The predicted octanol–water partition coefficient (Wildman–Crippen LogP) is 2.16. The first kappa shape index (κ1) is 8.23. The highest BCUT2D eigenvalue weighted by atomic mass is 15.2. The summed E-state index contributed by atoms with van der Waals surface area (Å²) in [7, 11) is 0. The predicted molar refractivity (Wildman–Crippen MR) is 51.8 cm³/mol. The Hall–Kier alpha value is -1.38. The Bertz CT molecular complexity index is 429. The normalized spacial score (nSPS) is 11.4. The lowest BCUT2D eigenvalue weighted by molar-refractivity contribution is 0.861. The van der Waals surface area contributed by atoms with E-state index in [1.165, 1.54) is 5.56 Å². The minimum atomic E-state index is 0.493. The zero-order chi connectivity index (χ0) is 9.42. The zero-order valence-corrected chi connectivity index (χ0v) is 8.15. The van der Waals surface area contributed by atoms with Crippen LogP contribution in [0, 0.1) is 6.92 Å². The Morgan fingerprint density at radius 1 is 1.31 bits per heavy atom. The molecule has 0 saturated carbocycles. The number of fused-ring (bicyclic) bond motifs is 1. The summed E-state index contributed by atoms with van der Waals surface area (Å²) in [6, 6.07) is 4.15. The molecule has 0 aliphatic rings. The van der Waals surface area contributed by atoms with Gasteiger partial charge in [-0.25, -0.2) is 0 Å². The first-order chi connectivity index (χ1) is 6.20. The molecule has 0 saturated heterocycles. The number of nitrogens with zero attached hydrogens (tertiary/aromatic N) is 3. The molecule has 0 fully saturated rings. The van der Waals surface area contributed by atoms with Gasteiger partial charge in [-0.05, 0) is 24.5 Å². The molecule has 0 atom stereocenters. The molecule has 0 aromatic carbocycles. The van der Waals surface area contributed by atoms with Gasteiger partial charge in [0.15, 0.2) is 5.65 Å². The summed E-state index contributed by atoms with van der Waals surface area (Å²) in [5.74, 6) is 1.44. The number of pyridine rings is 1. The van der Waals surface area contributed by atoms with E-state index in [0.29, 0.717) is 5.92 Å². The lowest BCUT2D eigenvalue weighted by Crippen LogP contribution is -1.94. The SMILES string of the molecule is Cc1nnc2c(C(C)C)cccn12. The van der Waals surface area contributed by atoms with Gasteiger partial charge in [0.2, 0.25) is 0 Å². The first-order valence-electron chi connectivity index (χ1n) is 4.50. The fraction of sp³-hybridized carbons (Fsp3) is 0.400. The van der Waals surface area contributed by atoms with Crippen LogP contribution in [0.4, 0.5) is 0 Å². The number of aryl methyl sites for hydroxylation is 1. The number of hydrogen-bond acceptors (Lipinski definition) is 2.